The van der Waals surface area contributed by atoms with E-state index >= 15 is 0 Å². The Labute approximate surface area is 143 Å². The molecule has 4 aliphatic rings. The molecule has 0 saturated heterocycles. The van der Waals surface area contributed by atoms with E-state index in [0.717, 1.165) is 23.8 Å². The summed E-state index contributed by atoms with van der Waals surface area (Å²) in [7, 11) is 1.69. The molecule has 1 unspecified atom stereocenters. The number of allylic oxidation sites excluding steroid dienone is 1. The van der Waals surface area contributed by atoms with Crippen LogP contribution in [0.4, 0.5) is 0 Å². The normalized spacial score (nSPS) is 26.8. The Morgan fingerprint density at radius 3 is 2.75 bits per heavy atom. The van der Waals surface area contributed by atoms with Crippen LogP contribution in [0.1, 0.15) is 39.5 Å². The van der Waals surface area contributed by atoms with Crippen molar-refractivity contribution in [3.8, 4) is 0 Å². The van der Waals surface area contributed by atoms with Crippen molar-refractivity contribution in [3.05, 3.63) is 35.2 Å². The summed E-state index contributed by atoms with van der Waals surface area (Å²) in [6.07, 6.45) is 11.3. The molecule has 0 bridgehead atoms. The van der Waals surface area contributed by atoms with Gasteiger partial charge in [-0.3, -0.25) is 9.83 Å². The van der Waals surface area contributed by atoms with Crippen molar-refractivity contribution in [2.75, 3.05) is 20.3 Å². The smallest absolute Gasteiger partial charge is 0.139 e. The van der Waals surface area contributed by atoms with Gasteiger partial charge in [0.15, 0.2) is 0 Å². The zero-order valence-corrected chi connectivity index (χ0v) is 14.7. The second-order valence-corrected chi connectivity index (χ2v) is 6.77. The van der Waals surface area contributed by atoms with E-state index in [2.05, 4.69) is 29.8 Å². The zero-order chi connectivity index (χ0) is 16.7. The van der Waals surface area contributed by atoms with Gasteiger partial charge in [0.25, 0.3) is 0 Å². The summed E-state index contributed by atoms with van der Waals surface area (Å²) in [5.74, 6) is 1.12. The van der Waals surface area contributed by atoms with E-state index in [4.69, 9.17) is 14.6 Å². The monoisotopic (exact) mass is 330 g/mol. The molecule has 24 heavy (non-hydrogen) atoms. The van der Waals surface area contributed by atoms with Gasteiger partial charge in [0, 0.05) is 12.7 Å². The van der Waals surface area contributed by atoms with Crippen molar-refractivity contribution < 1.29 is 9.57 Å². The average molecular weight is 330 g/mol. The maximum Gasteiger partial charge on any atom is 0.139 e. The third-order valence-electron chi connectivity index (χ3n) is 5.19. The van der Waals surface area contributed by atoms with E-state index in [1.807, 2.05) is 17.5 Å². The van der Waals surface area contributed by atoms with Gasteiger partial charge in [0.2, 0.25) is 0 Å². The Hall–Kier alpha value is -1.79. The van der Waals surface area contributed by atoms with Crippen molar-refractivity contribution in [1.29, 1.82) is 0 Å². The van der Waals surface area contributed by atoms with Gasteiger partial charge in [-0.1, -0.05) is 12.8 Å². The van der Waals surface area contributed by atoms with E-state index in [0.29, 0.717) is 12.8 Å². The molecule has 1 aliphatic carbocycles. The van der Waals surface area contributed by atoms with Gasteiger partial charge in [-0.15, -0.1) is 0 Å². The highest BCUT2D eigenvalue weighted by atomic mass is 16.7. The van der Waals surface area contributed by atoms with Crippen LogP contribution in [-0.4, -0.2) is 53.6 Å². The lowest BCUT2D eigenvalue weighted by Crippen LogP contribution is -2.42. The summed E-state index contributed by atoms with van der Waals surface area (Å²) in [6.45, 7) is 5.89. The number of ether oxygens (including phenoxy) is 1. The third-order valence-corrected chi connectivity index (χ3v) is 5.19. The van der Waals surface area contributed by atoms with Gasteiger partial charge < -0.3 is 14.5 Å². The number of nitrogens with zero attached hydrogens (tertiary/aromatic N) is 4. The molecule has 4 rings (SSSR count). The van der Waals surface area contributed by atoms with Gasteiger partial charge >= 0.3 is 0 Å². The van der Waals surface area contributed by atoms with Gasteiger partial charge in [0.05, 0.1) is 31.3 Å². The number of hydrogen-bond acceptors (Lipinski definition) is 6. The lowest BCUT2D eigenvalue weighted by atomic mass is 10.0. The van der Waals surface area contributed by atoms with Gasteiger partial charge in [0.1, 0.15) is 24.3 Å². The molecule has 0 radical (unpaired) electrons. The quantitative estimate of drug-likeness (QED) is 0.793. The molecular formula is C18H26N4O2. The van der Waals surface area contributed by atoms with Crippen LogP contribution >= 0.6 is 0 Å². The second kappa shape index (κ2) is 6.26. The van der Waals surface area contributed by atoms with Crippen LogP contribution in [0.2, 0.25) is 0 Å². The Balaban J connectivity index is 1.67. The van der Waals surface area contributed by atoms with Crippen LogP contribution in [0.25, 0.3) is 0 Å². The molecule has 0 aromatic carbocycles. The molecule has 0 aromatic heterocycles. The number of hydroxylamine groups is 2. The minimum atomic E-state index is -0.0414. The molecule has 3 aliphatic heterocycles. The van der Waals surface area contributed by atoms with Crippen LogP contribution in [-0.2, 0) is 9.57 Å². The Kier molecular flexibility index (Phi) is 4.10. The molecule has 0 amide bonds. The predicted octanol–water partition coefficient (Wildman–Crippen LogP) is 2.78. The molecule has 1 fully saturated rings. The first-order valence-corrected chi connectivity index (χ1v) is 8.90. The van der Waals surface area contributed by atoms with Crippen LogP contribution in [0.15, 0.2) is 40.2 Å². The number of rotatable bonds is 4. The largest absolute Gasteiger partial charge is 0.364 e. The Morgan fingerprint density at radius 1 is 1.25 bits per heavy atom. The molecule has 6 heteroatoms. The number of fused-ring (bicyclic) bond motifs is 2. The van der Waals surface area contributed by atoms with Crippen LogP contribution in [0.5, 0.6) is 0 Å². The topological polar surface area (TPSA) is 40.5 Å². The Morgan fingerprint density at radius 2 is 2.04 bits per heavy atom. The number of hydrogen-bond donors (Lipinski definition) is 0. The maximum atomic E-state index is 6.47. The van der Waals surface area contributed by atoms with Crippen LogP contribution < -0.4 is 0 Å². The summed E-state index contributed by atoms with van der Waals surface area (Å²) in [4.78, 5) is 14.7. The molecule has 1 saturated carbocycles. The third kappa shape index (κ3) is 2.54. The highest BCUT2D eigenvalue weighted by molar-refractivity contribution is 5.81. The van der Waals surface area contributed by atoms with E-state index in [9.17, 15) is 0 Å². The minimum Gasteiger partial charge on any atom is -0.364 e. The lowest BCUT2D eigenvalue weighted by Gasteiger charge is -2.40. The molecule has 1 atom stereocenters. The van der Waals surface area contributed by atoms with E-state index in [-0.39, 0.29) is 6.10 Å². The fourth-order valence-corrected chi connectivity index (χ4v) is 3.92. The second-order valence-electron chi connectivity index (χ2n) is 6.77. The lowest BCUT2D eigenvalue weighted by molar-refractivity contribution is -0.0971. The average Bonchev–Trinajstić information content (AvgIpc) is 3.25. The molecule has 6 nitrogen and oxygen atoms in total. The van der Waals surface area contributed by atoms with E-state index in [1.165, 1.54) is 31.3 Å². The first-order valence-electron chi connectivity index (χ1n) is 8.90. The van der Waals surface area contributed by atoms with E-state index < -0.39 is 0 Å². The fraction of sp³-hybridized carbons (Fsp3) is 0.611. The standard InChI is InChI=1S/C18H26N4O2/c1-4-20-10-13(2)17(24-15-7-5-6-8-15)16-18(20)22-12-21(23-3)11-14(22)9-19-16/h9-11,15,17H,4-8,12H2,1-3H3. The maximum absolute atomic E-state index is 6.47. The highest BCUT2D eigenvalue weighted by Gasteiger charge is 2.38. The summed E-state index contributed by atoms with van der Waals surface area (Å²) in [5, 5.41) is 1.82. The van der Waals surface area contributed by atoms with Crippen molar-refractivity contribution in [3.63, 3.8) is 0 Å². The summed E-state index contributed by atoms with van der Waals surface area (Å²) in [5.41, 5.74) is 3.32. The molecular weight excluding hydrogens is 304 g/mol. The molecule has 0 spiro atoms. The SMILES string of the molecule is CCN1C=C(C)C(OC2CCCC2)C2=C1N1CN(OC)C=C1C=N2. The first kappa shape index (κ1) is 15.7. The highest BCUT2D eigenvalue weighted by Crippen LogP contribution is 2.38. The molecule has 0 aromatic rings. The van der Waals surface area contributed by atoms with Crippen molar-refractivity contribution >= 4 is 6.21 Å². The summed E-state index contributed by atoms with van der Waals surface area (Å²) >= 11 is 0. The molecule has 0 N–H and O–H groups in total. The Bertz CT molecular complexity index is 631. The van der Waals surface area contributed by atoms with Gasteiger partial charge in [-0.2, -0.15) is 0 Å². The predicted molar refractivity (Wildman–Crippen MR) is 92.4 cm³/mol. The fourth-order valence-electron chi connectivity index (χ4n) is 3.92. The molecule has 130 valence electrons. The van der Waals surface area contributed by atoms with Crippen molar-refractivity contribution in [2.24, 2.45) is 4.99 Å². The summed E-state index contributed by atoms with van der Waals surface area (Å²) < 4.78 is 6.47. The minimum absolute atomic E-state index is 0.0414. The van der Waals surface area contributed by atoms with E-state index in [1.54, 1.807) is 7.11 Å². The van der Waals surface area contributed by atoms with Crippen LogP contribution in [0.3, 0.4) is 0 Å². The number of aliphatic imine (C=N–C) groups is 1. The first-order chi connectivity index (χ1) is 11.7. The molecule has 3 heterocycles. The van der Waals surface area contributed by atoms with Gasteiger partial charge in [-0.25, -0.2) is 5.06 Å². The summed E-state index contributed by atoms with van der Waals surface area (Å²) in [6, 6.07) is 0. The van der Waals surface area contributed by atoms with Gasteiger partial charge in [-0.05, 0) is 32.3 Å². The van der Waals surface area contributed by atoms with Crippen molar-refractivity contribution in [1.82, 2.24) is 14.9 Å². The zero-order valence-electron chi connectivity index (χ0n) is 14.7. The van der Waals surface area contributed by atoms with Crippen molar-refractivity contribution in [2.45, 2.75) is 51.7 Å². The van der Waals surface area contributed by atoms with Crippen LogP contribution in [0, 0.1) is 0 Å².